The fraction of sp³-hybridized carbons (Fsp3) is 0.375. The van der Waals surface area contributed by atoms with E-state index in [-0.39, 0.29) is 5.41 Å². The molecule has 0 N–H and O–H groups in total. The van der Waals surface area contributed by atoms with Crippen molar-refractivity contribution >= 4 is 28.8 Å². The molecule has 200 valence electrons. The summed E-state index contributed by atoms with van der Waals surface area (Å²) >= 11 is 0. The topological polar surface area (TPSA) is 72.7 Å². The molecule has 1 aliphatic carbocycles. The first-order valence-electron chi connectivity index (χ1n) is 13.6. The van der Waals surface area contributed by atoms with Crippen molar-refractivity contribution in [2.24, 2.45) is 10.4 Å². The van der Waals surface area contributed by atoms with Crippen LogP contribution in [0.25, 0.3) is 17.2 Å². The van der Waals surface area contributed by atoms with E-state index in [1.165, 1.54) is 22.4 Å². The Morgan fingerprint density at radius 1 is 0.897 bits per heavy atom. The summed E-state index contributed by atoms with van der Waals surface area (Å²) in [5, 5.41) is 0. The first-order chi connectivity index (χ1) is 18.9. The highest BCUT2D eigenvalue weighted by Crippen LogP contribution is 2.43. The summed E-state index contributed by atoms with van der Waals surface area (Å²) in [6.45, 7) is 8.52. The van der Waals surface area contributed by atoms with Gasteiger partial charge in [0.25, 0.3) is 0 Å². The molecule has 2 aromatic heterocycles. The zero-order valence-corrected chi connectivity index (χ0v) is 23.4. The van der Waals surface area contributed by atoms with Crippen LogP contribution in [0, 0.1) is 12.3 Å². The molecule has 3 aliphatic rings. The van der Waals surface area contributed by atoms with E-state index in [0.717, 1.165) is 78.4 Å². The number of rotatable bonds is 6. The molecule has 0 spiro atoms. The van der Waals surface area contributed by atoms with Crippen molar-refractivity contribution in [2.45, 2.75) is 46.5 Å². The molecule has 39 heavy (non-hydrogen) atoms. The normalized spacial score (nSPS) is 18.1. The number of aromatic nitrogens is 3. The third kappa shape index (κ3) is 4.60. The van der Waals surface area contributed by atoms with Gasteiger partial charge in [0.15, 0.2) is 0 Å². The smallest absolute Gasteiger partial charge is 0.212 e. The van der Waals surface area contributed by atoms with Crippen molar-refractivity contribution < 1.29 is 9.47 Å². The van der Waals surface area contributed by atoms with Crippen LogP contribution in [0.15, 0.2) is 53.5 Å². The molecule has 2 aliphatic heterocycles. The zero-order chi connectivity index (χ0) is 27.1. The number of aryl methyl sites for hydroxylation is 1. The Hall–Kier alpha value is -4.00. The predicted molar refractivity (Wildman–Crippen MR) is 156 cm³/mol. The molecular weight excluding hydrogens is 486 g/mol. The standard InChI is InChI=1S/C32H35N5O2/c1-20-14-22(6-8-28(20)38-4)25-17-29(36-21(25)2)32(3)10-12-37(13-11-32)31-26-15-24(16-27(26)34-19-35-31)23-7-9-30(39-5)33-18-23/h6-9,14-15,18-19H,10-13,16-17H2,1-5H3. The minimum Gasteiger partial charge on any atom is -0.496 e. The maximum absolute atomic E-state index is 5.46. The lowest BCUT2D eigenvalue weighted by Gasteiger charge is -2.40. The number of methoxy groups -OCH3 is 2. The van der Waals surface area contributed by atoms with E-state index >= 15 is 0 Å². The number of ether oxygens (including phenoxy) is 2. The second-order valence-electron chi connectivity index (χ2n) is 11.0. The fourth-order valence-corrected chi connectivity index (χ4v) is 6.08. The van der Waals surface area contributed by atoms with Crippen LogP contribution >= 0.6 is 0 Å². The summed E-state index contributed by atoms with van der Waals surface area (Å²) in [6, 6.07) is 10.4. The summed E-state index contributed by atoms with van der Waals surface area (Å²) in [6.07, 6.45) is 9.62. The third-order valence-electron chi connectivity index (χ3n) is 8.63. The largest absolute Gasteiger partial charge is 0.496 e. The van der Waals surface area contributed by atoms with Crippen LogP contribution in [0.2, 0.25) is 0 Å². The number of hydrogen-bond donors (Lipinski definition) is 0. The molecule has 0 radical (unpaired) electrons. The molecule has 1 saturated heterocycles. The molecule has 7 nitrogen and oxygen atoms in total. The molecule has 6 rings (SSSR count). The highest BCUT2D eigenvalue weighted by molar-refractivity contribution is 6.03. The van der Waals surface area contributed by atoms with Gasteiger partial charge in [-0.1, -0.05) is 13.0 Å². The summed E-state index contributed by atoms with van der Waals surface area (Å²) in [7, 11) is 3.36. The molecule has 1 fully saturated rings. The number of piperidine rings is 1. The van der Waals surface area contributed by atoms with Gasteiger partial charge in [-0.15, -0.1) is 0 Å². The maximum atomic E-state index is 5.46. The number of hydrogen-bond acceptors (Lipinski definition) is 7. The Bertz CT molecular complexity index is 1510. The van der Waals surface area contributed by atoms with Crippen molar-refractivity contribution in [1.29, 1.82) is 0 Å². The van der Waals surface area contributed by atoms with Crippen LogP contribution < -0.4 is 14.4 Å². The van der Waals surface area contributed by atoms with Gasteiger partial charge in [0.05, 0.1) is 19.9 Å². The van der Waals surface area contributed by atoms with Gasteiger partial charge in [0.1, 0.15) is 17.9 Å². The van der Waals surface area contributed by atoms with Crippen molar-refractivity contribution in [1.82, 2.24) is 15.0 Å². The summed E-state index contributed by atoms with van der Waals surface area (Å²) in [5.41, 5.74) is 10.8. The molecule has 0 saturated carbocycles. The Balaban J connectivity index is 1.16. The molecule has 1 aromatic carbocycles. The lowest BCUT2D eigenvalue weighted by molar-refractivity contribution is 0.351. The Kier molecular flexibility index (Phi) is 6.45. The monoisotopic (exact) mass is 521 g/mol. The van der Waals surface area contributed by atoms with Crippen LogP contribution in [-0.4, -0.2) is 48.0 Å². The van der Waals surface area contributed by atoms with Crippen LogP contribution in [-0.2, 0) is 6.42 Å². The Morgan fingerprint density at radius 3 is 2.38 bits per heavy atom. The van der Waals surface area contributed by atoms with Gasteiger partial charge >= 0.3 is 0 Å². The summed E-state index contributed by atoms with van der Waals surface area (Å²) < 4.78 is 10.7. The average molecular weight is 522 g/mol. The van der Waals surface area contributed by atoms with Gasteiger partial charge < -0.3 is 14.4 Å². The fourth-order valence-electron chi connectivity index (χ4n) is 6.08. The van der Waals surface area contributed by atoms with E-state index in [9.17, 15) is 0 Å². The van der Waals surface area contributed by atoms with E-state index in [0.29, 0.717) is 5.88 Å². The number of pyridine rings is 1. The van der Waals surface area contributed by atoms with E-state index < -0.39 is 0 Å². The van der Waals surface area contributed by atoms with Gasteiger partial charge in [-0.3, -0.25) is 4.99 Å². The molecule has 7 heteroatoms. The number of fused-ring (bicyclic) bond motifs is 1. The third-order valence-corrected chi connectivity index (χ3v) is 8.63. The van der Waals surface area contributed by atoms with Gasteiger partial charge in [0.2, 0.25) is 5.88 Å². The highest BCUT2D eigenvalue weighted by Gasteiger charge is 2.38. The maximum Gasteiger partial charge on any atom is 0.212 e. The Labute approximate surface area is 230 Å². The molecule has 0 atom stereocenters. The van der Waals surface area contributed by atoms with E-state index in [1.807, 2.05) is 12.3 Å². The van der Waals surface area contributed by atoms with E-state index in [4.69, 9.17) is 19.5 Å². The number of allylic oxidation sites excluding steroid dienone is 3. The van der Waals surface area contributed by atoms with Crippen molar-refractivity contribution in [3.05, 3.63) is 76.5 Å². The minimum atomic E-state index is 0.0764. The van der Waals surface area contributed by atoms with Crippen molar-refractivity contribution in [3.63, 3.8) is 0 Å². The van der Waals surface area contributed by atoms with Gasteiger partial charge in [-0.05, 0) is 78.8 Å². The molecule has 0 amide bonds. The van der Waals surface area contributed by atoms with E-state index in [2.05, 4.69) is 66.0 Å². The average Bonchev–Trinajstić information content (AvgIpc) is 3.58. The second-order valence-corrected chi connectivity index (χ2v) is 11.0. The zero-order valence-electron chi connectivity index (χ0n) is 23.4. The van der Waals surface area contributed by atoms with Crippen LogP contribution in [0.4, 0.5) is 5.82 Å². The van der Waals surface area contributed by atoms with Crippen molar-refractivity contribution in [2.75, 3.05) is 32.2 Å². The quantitative estimate of drug-likeness (QED) is 0.386. The number of anilines is 1. The SMILES string of the molecule is COc1ccc(C2=Cc3c(ncnc3N3CCC(C)(C4=NC(C)=C(c5ccc(OC)c(C)c5)C4)CC3)C2)cn1. The van der Waals surface area contributed by atoms with Crippen LogP contribution in [0.5, 0.6) is 11.6 Å². The number of benzene rings is 1. The van der Waals surface area contributed by atoms with Crippen LogP contribution in [0.3, 0.4) is 0 Å². The lowest BCUT2D eigenvalue weighted by atomic mass is 9.74. The number of aliphatic imine (C=N–C) groups is 1. The Morgan fingerprint density at radius 2 is 1.69 bits per heavy atom. The molecular formula is C32H35N5O2. The van der Waals surface area contributed by atoms with Gasteiger partial charge in [0, 0.05) is 60.6 Å². The highest BCUT2D eigenvalue weighted by atomic mass is 16.5. The molecule has 0 unspecified atom stereocenters. The molecule has 3 aromatic rings. The summed E-state index contributed by atoms with van der Waals surface area (Å²) in [5.74, 6) is 2.58. The van der Waals surface area contributed by atoms with Crippen LogP contribution in [0.1, 0.15) is 61.1 Å². The first kappa shape index (κ1) is 25.3. The van der Waals surface area contributed by atoms with Gasteiger partial charge in [-0.2, -0.15) is 0 Å². The van der Waals surface area contributed by atoms with Crippen molar-refractivity contribution in [3.8, 4) is 11.6 Å². The molecule has 0 bridgehead atoms. The molecule has 4 heterocycles. The minimum absolute atomic E-state index is 0.0764. The lowest BCUT2D eigenvalue weighted by Crippen LogP contribution is -2.43. The predicted octanol–water partition coefficient (Wildman–Crippen LogP) is 6.18. The first-order valence-corrected chi connectivity index (χ1v) is 13.6. The van der Waals surface area contributed by atoms with E-state index in [1.54, 1.807) is 20.5 Å². The second kappa shape index (κ2) is 9.95. The number of nitrogens with zero attached hydrogens (tertiary/aromatic N) is 5. The summed E-state index contributed by atoms with van der Waals surface area (Å²) in [4.78, 5) is 21.3. The van der Waals surface area contributed by atoms with Gasteiger partial charge in [-0.25, -0.2) is 15.0 Å².